The molecule has 252 valence electrons. The molecular weight excluding hydrogens is 626 g/mol. The monoisotopic (exact) mass is 665 g/mol. The van der Waals surface area contributed by atoms with E-state index in [1.54, 1.807) is 22.1 Å². The zero-order valence-electron chi connectivity index (χ0n) is 27.8. The van der Waals surface area contributed by atoms with Gasteiger partial charge in [0, 0.05) is 30.5 Å². The van der Waals surface area contributed by atoms with Crippen LogP contribution in [0.1, 0.15) is 36.8 Å². The Kier molecular flexibility index (Phi) is 9.64. The van der Waals surface area contributed by atoms with Gasteiger partial charge in [-0.15, -0.1) is 0 Å². The number of carbonyl (C=O) groups excluding carboxylic acids is 4. The summed E-state index contributed by atoms with van der Waals surface area (Å²) in [6, 6.07) is 33.7. The van der Waals surface area contributed by atoms with E-state index in [9.17, 15) is 19.2 Å². The van der Waals surface area contributed by atoms with Gasteiger partial charge in [0.05, 0.1) is 12.8 Å². The molecule has 3 heterocycles. The van der Waals surface area contributed by atoms with Crippen molar-refractivity contribution in [1.29, 1.82) is 0 Å². The van der Waals surface area contributed by atoms with Gasteiger partial charge in [-0.2, -0.15) is 0 Å². The minimum absolute atomic E-state index is 0.0312. The van der Waals surface area contributed by atoms with Crippen molar-refractivity contribution < 1.29 is 19.2 Å². The molecule has 0 bridgehead atoms. The SMILES string of the molecule is O=C(Nc1ccc2cc(-c3ccc(NC(=O)[C@@H]4CCCN4C(=O)Cc4ccccc4)nc3)ccc2c1)[C@@H]1CCCN1C(=O)Cc1ccccc1. The molecule has 2 atom stereocenters. The van der Waals surface area contributed by atoms with Crippen LogP contribution >= 0.6 is 0 Å². The van der Waals surface area contributed by atoms with Crippen molar-refractivity contribution in [2.45, 2.75) is 50.6 Å². The molecule has 50 heavy (non-hydrogen) atoms. The Hall–Kier alpha value is -5.83. The quantitative estimate of drug-likeness (QED) is 0.194. The molecule has 2 aliphatic rings. The van der Waals surface area contributed by atoms with Gasteiger partial charge in [-0.05, 0) is 83.5 Å². The Labute approximate surface area is 291 Å². The first kappa shape index (κ1) is 32.7. The van der Waals surface area contributed by atoms with Crippen LogP contribution in [0, 0.1) is 0 Å². The Morgan fingerprint density at radius 2 is 1.14 bits per heavy atom. The predicted molar refractivity (Wildman–Crippen MR) is 194 cm³/mol. The minimum Gasteiger partial charge on any atom is -0.330 e. The molecule has 7 rings (SSSR count). The van der Waals surface area contributed by atoms with E-state index in [2.05, 4.69) is 21.7 Å². The zero-order valence-corrected chi connectivity index (χ0v) is 27.8. The van der Waals surface area contributed by atoms with Gasteiger partial charge < -0.3 is 20.4 Å². The molecule has 0 spiro atoms. The summed E-state index contributed by atoms with van der Waals surface area (Å²) >= 11 is 0. The first-order valence-electron chi connectivity index (χ1n) is 17.2. The largest absolute Gasteiger partial charge is 0.330 e. The average Bonchev–Trinajstić information content (AvgIpc) is 3.84. The smallest absolute Gasteiger partial charge is 0.248 e. The van der Waals surface area contributed by atoms with Crippen LogP contribution in [0.2, 0.25) is 0 Å². The van der Waals surface area contributed by atoms with E-state index >= 15 is 0 Å². The number of pyridine rings is 1. The van der Waals surface area contributed by atoms with Crippen LogP contribution in [0.25, 0.3) is 21.9 Å². The lowest BCUT2D eigenvalue weighted by atomic mass is 10.0. The van der Waals surface area contributed by atoms with Crippen LogP contribution in [-0.2, 0) is 32.0 Å². The Balaban J connectivity index is 0.961. The summed E-state index contributed by atoms with van der Waals surface area (Å²) in [6.45, 7) is 1.16. The molecule has 9 heteroatoms. The number of nitrogens with one attached hydrogen (secondary N) is 2. The Morgan fingerprint density at radius 1 is 0.600 bits per heavy atom. The molecule has 0 aliphatic carbocycles. The highest BCUT2D eigenvalue weighted by molar-refractivity contribution is 6.00. The summed E-state index contributed by atoms with van der Waals surface area (Å²) in [5.41, 5.74) is 4.41. The van der Waals surface area contributed by atoms with Crippen LogP contribution < -0.4 is 10.6 Å². The lowest BCUT2D eigenvalue weighted by molar-refractivity contribution is -0.136. The van der Waals surface area contributed by atoms with Crippen LogP contribution in [0.5, 0.6) is 0 Å². The van der Waals surface area contributed by atoms with Crippen molar-refractivity contribution >= 4 is 45.9 Å². The Bertz CT molecular complexity index is 2020. The van der Waals surface area contributed by atoms with Gasteiger partial charge in [-0.25, -0.2) is 4.98 Å². The van der Waals surface area contributed by atoms with Crippen molar-refractivity contribution in [2.75, 3.05) is 23.7 Å². The van der Waals surface area contributed by atoms with Crippen molar-refractivity contribution in [3.05, 3.63) is 127 Å². The third-order valence-corrected chi connectivity index (χ3v) is 9.60. The fraction of sp³-hybridized carbons (Fsp3) is 0.244. The molecule has 0 saturated carbocycles. The standard InChI is InChI=1S/C41H39N5O4/c47-38(23-28-9-3-1-4-10-28)45-21-7-13-35(45)40(49)43-34-19-17-30-25-31(15-16-32(30)26-34)33-18-20-37(42-27-33)44-41(50)36-14-8-22-46(36)39(48)24-29-11-5-2-6-12-29/h1-6,9-12,15-20,25-27,35-36H,7-8,13-14,21-24H2,(H,43,49)(H,42,44,50)/t35-,36-/m0/s1. The number of aromatic nitrogens is 1. The van der Waals surface area contributed by atoms with Crippen LogP contribution in [0.4, 0.5) is 11.5 Å². The lowest BCUT2D eigenvalue weighted by Crippen LogP contribution is -2.43. The topological polar surface area (TPSA) is 112 Å². The molecular formula is C41H39N5O4. The second-order valence-corrected chi connectivity index (χ2v) is 13.0. The van der Waals surface area contributed by atoms with Gasteiger partial charge in [0.15, 0.2) is 0 Å². The molecule has 5 aromatic rings. The maximum absolute atomic E-state index is 13.3. The molecule has 2 N–H and O–H groups in total. The van der Waals surface area contributed by atoms with Crippen molar-refractivity contribution in [3.8, 4) is 11.1 Å². The average molecular weight is 666 g/mol. The van der Waals surface area contributed by atoms with Crippen molar-refractivity contribution in [1.82, 2.24) is 14.8 Å². The summed E-state index contributed by atoms with van der Waals surface area (Å²) in [6.07, 6.45) is 5.15. The number of amides is 4. The van der Waals surface area contributed by atoms with Crippen LogP contribution in [0.3, 0.4) is 0 Å². The molecule has 0 unspecified atom stereocenters. The van der Waals surface area contributed by atoms with Gasteiger partial charge in [0.1, 0.15) is 17.9 Å². The highest BCUT2D eigenvalue weighted by Gasteiger charge is 2.35. The van der Waals surface area contributed by atoms with E-state index in [0.29, 0.717) is 37.4 Å². The molecule has 4 aromatic carbocycles. The number of hydrogen-bond donors (Lipinski definition) is 2. The normalized spacial score (nSPS) is 17.1. The second kappa shape index (κ2) is 14.7. The third-order valence-electron chi connectivity index (χ3n) is 9.60. The van der Waals surface area contributed by atoms with Crippen LogP contribution in [0.15, 0.2) is 115 Å². The van der Waals surface area contributed by atoms with Gasteiger partial charge in [0.25, 0.3) is 0 Å². The number of carbonyl (C=O) groups is 4. The van der Waals surface area contributed by atoms with E-state index in [1.165, 1.54) is 0 Å². The summed E-state index contributed by atoms with van der Waals surface area (Å²) in [4.78, 5) is 60.4. The molecule has 4 amide bonds. The number of benzene rings is 4. The van der Waals surface area contributed by atoms with Crippen molar-refractivity contribution in [3.63, 3.8) is 0 Å². The minimum atomic E-state index is -0.512. The summed E-state index contributed by atoms with van der Waals surface area (Å²) < 4.78 is 0. The number of fused-ring (bicyclic) bond motifs is 1. The second-order valence-electron chi connectivity index (χ2n) is 13.0. The van der Waals surface area contributed by atoms with E-state index in [4.69, 9.17) is 0 Å². The number of anilines is 2. The van der Waals surface area contributed by atoms with E-state index in [1.807, 2.05) is 97.1 Å². The number of nitrogens with zero attached hydrogens (tertiary/aromatic N) is 3. The number of likely N-dealkylation sites (tertiary alicyclic amines) is 2. The van der Waals surface area contributed by atoms with Crippen molar-refractivity contribution in [2.24, 2.45) is 0 Å². The van der Waals surface area contributed by atoms with E-state index < -0.39 is 12.1 Å². The zero-order chi connectivity index (χ0) is 34.5. The fourth-order valence-electron chi connectivity index (χ4n) is 7.00. The maximum Gasteiger partial charge on any atom is 0.248 e. The van der Waals surface area contributed by atoms with Gasteiger partial charge >= 0.3 is 0 Å². The van der Waals surface area contributed by atoms with Gasteiger partial charge in [-0.1, -0.05) is 78.9 Å². The maximum atomic E-state index is 13.3. The molecule has 9 nitrogen and oxygen atoms in total. The first-order chi connectivity index (χ1) is 24.4. The van der Waals surface area contributed by atoms with Gasteiger partial charge in [0.2, 0.25) is 23.6 Å². The van der Waals surface area contributed by atoms with Crippen LogP contribution in [-0.4, -0.2) is 63.6 Å². The highest BCUT2D eigenvalue weighted by Crippen LogP contribution is 2.28. The lowest BCUT2D eigenvalue weighted by Gasteiger charge is -2.24. The van der Waals surface area contributed by atoms with E-state index in [-0.39, 0.29) is 36.5 Å². The highest BCUT2D eigenvalue weighted by atomic mass is 16.2. The summed E-state index contributed by atoms with van der Waals surface area (Å²) in [5, 5.41) is 7.90. The fourth-order valence-corrected chi connectivity index (χ4v) is 7.00. The number of hydrogen-bond acceptors (Lipinski definition) is 5. The molecule has 2 aliphatic heterocycles. The first-order valence-corrected chi connectivity index (χ1v) is 17.2. The predicted octanol–water partition coefficient (Wildman–Crippen LogP) is 6.25. The Morgan fingerprint density at radius 3 is 1.72 bits per heavy atom. The van der Waals surface area contributed by atoms with Gasteiger partial charge in [-0.3, -0.25) is 19.2 Å². The molecule has 2 saturated heterocycles. The summed E-state index contributed by atoms with van der Waals surface area (Å²) in [7, 11) is 0. The van der Waals surface area contributed by atoms with E-state index in [0.717, 1.165) is 45.9 Å². The molecule has 2 fully saturated rings. The molecule has 1 aromatic heterocycles. The third kappa shape index (κ3) is 7.42. The number of rotatable bonds is 9. The summed E-state index contributed by atoms with van der Waals surface area (Å²) in [5.74, 6) is -0.0367. The molecule has 0 radical (unpaired) electrons.